The van der Waals surface area contributed by atoms with Crippen LogP contribution in [0.25, 0.3) is 0 Å². The number of amides is 2. The monoisotopic (exact) mass is 236 g/mol. The first kappa shape index (κ1) is 12.0. The van der Waals surface area contributed by atoms with Crippen molar-refractivity contribution in [3.63, 3.8) is 0 Å². The molecule has 3 N–H and O–H groups in total. The minimum Gasteiger partial charge on any atom is -0.351 e. The largest absolute Gasteiger partial charge is 0.351 e. The molecule has 1 fully saturated rings. The zero-order chi connectivity index (χ0) is 12.4. The maximum absolute atomic E-state index is 11.0. The third-order valence-electron chi connectivity index (χ3n) is 3.55. The molecule has 0 spiro atoms. The Balaban J connectivity index is 2.31. The van der Waals surface area contributed by atoms with E-state index in [1.165, 1.54) is 19.3 Å². The van der Waals surface area contributed by atoms with Gasteiger partial charge in [-0.1, -0.05) is 19.3 Å². The number of carbonyl (C=O) groups excluding carboxylic acids is 1. The third kappa shape index (κ3) is 2.43. The summed E-state index contributed by atoms with van der Waals surface area (Å²) in [6.45, 7) is 3.92. The van der Waals surface area contributed by atoms with E-state index in [1.54, 1.807) is 0 Å². The Morgan fingerprint density at radius 3 is 2.59 bits per heavy atom. The number of hydrogen-bond donors (Lipinski definition) is 2. The number of rotatable bonds is 2. The van der Waals surface area contributed by atoms with Crippen LogP contribution < -0.4 is 11.1 Å². The SMILES string of the molecule is Cc1nn(C2CCCCC2)c(NC(N)=O)c1C. The van der Waals surface area contributed by atoms with E-state index >= 15 is 0 Å². The normalized spacial score (nSPS) is 17.1. The van der Waals surface area contributed by atoms with E-state index in [2.05, 4.69) is 10.4 Å². The van der Waals surface area contributed by atoms with Crippen LogP contribution in [0, 0.1) is 13.8 Å². The van der Waals surface area contributed by atoms with Gasteiger partial charge >= 0.3 is 6.03 Å². The van der Waals surface area contributed by atoms with Crippen LogP contribution in [-0.2, 0) is 0 Å². The van der Waals surface area contributed by atoms with Crippen LogP contribution in [0.5, 0.6) is 0 Å². The van der Waals surface area contributed by atoms with Gasteiger partial charge in [-0.05, 0) is 26.7 Å². The molecule has 2 amide bonds. The second-order valence-corrected chi connectivity index (χ2v) is 4.78. The fourth-order valence-corrected chi connectivity index (χ4v) is 2.49. The van der Waals surface area contributed by atoms with Crippen molar-refractivity contribution in [2.75, 3.05) is 5.32 Å². The van der Waals surface area contributed by atoms with E-state index in [9.17, 15) is 4.79 Å². The van der Waals surface area contributed by atoms with E-state index < -0.39 is 6.03 Å². The summed E-state index contributed by atoms with van der Waals surface area (Å²) >= 11 is 0. The van der Waals surface area contributed by atoms with Crippen molar-refractivity contribution < 1.29 is 4.79 Å². The Morgan fingerprint density at radius 1 is 1.35 bits per heavy atom. The highest BCUT2D eigenvalue weighted by molar-refractivity contribution is 5.87. The highest BCUT2D eigenvalue weighted by atomic mass is 16.2. The highest BCUT2D eigenvalue weighted by Crippen LogP contribution is 2.32. The smallest absolute Gasteiger partial charge is 0.317 e. The molecule has 0 aliphatic heterocycles. The third-order valence-corrected chi connectivity index (χ3v) is 3.55. The van der Waals surface area contributed by atoms with Crippen LogP contribution in [0.1, 0.15) is 49.4 Å². The first-order valence-corrected chi connectivity index (χ1v) is 6.21. The lowest BCUT2D eigenvalue weighted by molar-refractivity contribution is 0.258. The lowest BCUT2D eigenvalue weighted by Crippen LogP contribution is -2.24. The molecule has 5 nitrogen and oxygen atoms in total. The predicted molar refractivity (Wildman–Crippen MR) is 67.0 cm³/mol. The van der Waals surface area contributed by atoms with Crippen LogP contribution >= 0.6 is 0 Å². The molecule has 1 saturated carbocycles. The second-order valence-electron chi connectivity index (χ2n) is 4.78. The van der Waals surface area contributed by atoms with Crippen LogP contribution in [0.2, 0.25) is 0 Å². The van der Waals surface area contributed by atoms with Gasteiger partial charge < -0.3 is 5.73 Å². The number of primary amides is 1. The second kappa shape index (κ2) is 4.77. The first-order chi connectivity index (χ1) is 8.09. The quantitative estimate of drug-likeness (QED) is 0.828. The molecule has 0 saturated heterocycles. The van der Waals surface area contributed by atoms with Crippen molar-refractivity contribution in [3.05, 3.63) is 11.3 Å². The fraction of sp³-hybridized carbons (Fsp3) is 0.667. The summed E-state index contributed by atoms with van der Waals surface area (Å²) in [4.78, 5) is 11.0. The maximum Gasteiger partial charge on any atom is 0.317 e. The molecule has 1 aromatic heterocycles. The van der Waals surface area contributed by atoms with E-state index in [0.29, 0.717) is 6.04 Å². The predicted octanol–water partition coefficient (Wildman–Crippen LogP) is 2.50. The molecule has 94 valence electrons. The summed E-state index contributed by atoms with van der Waals surface area (Å²) in [7, 11) is 0. The minimum atomic E-state index is -0.523. The number of aromatic nitrogens is 2. The topological polar surface area (TPSA) is 72.9 Å². The van der Waals surface area contributed by atoms with Crippen LogP contribution in [0.3, 0.4) is 0 Å². The van der Waals surface area contributed by atoms with Crippen molar-refractivity contribution in [2.45, 2.75) is 52.0 Å². The zero-order valence-corrected chi connectivity index (χ0v) is 10.5. The summed E-state index contributed by atoms with van der Waals surface area (Å²) in [6, 6.07) is -0.122. The summed E-state index contributed by atoms with van der Waals surface area (Å²) in [5, 5.41) is 7.23. The highest BCUT2D eigenvalue weighted by Gasteiger charge is 2.22. The molecule has 0 aromatic carbocycles. The van der Waals surface area contributed by atoms with E-state index in [1.807, 2.05) is 18.5 Å². The summed E-state index contributed by atoms with van der Waals surface area (Å²) in [6.07, 6.45) is 6.04. The number of aryl methyl sites for hydroxylation is 1. The van der Waals surface area contributed by atoms with E-state index in [4.69, 9.17) is 5.73 Å². The summed E-state index contributed by atoms with van der Waals surface area (Å²) < 4.78 is 1.95. The van der Waals surface area contributed by atoms with Crippen LogP contribution in [0.4, 0.5) is 10.6 Å². The molecular weight excluding hydrogens is 216 g/mol. The molecule has 0 unspecified atom stereocenters. The number of nitrogens with one attached hydrogen (secondary N) is 1. The molecule has 0 atom stereocenters. The van der Waals surface area contributed by atoms with Crippen molar-refractivity contribution in [3.8, 4) is 0 Å². The standard InChI is InChI=1S/C12H20N4O/c1-8-9(2)15-16(11(8)14-12(13)17)10-6-4-3-5-7-10/h10H,3-7H2,1-2H3,(H3,13,14,17). The molecule has 5 heteroatoms. The Hall–Kier alpha value is -1.52. The van der Waals surface area contributed by atoms with Gasteiger partial charge in [0.2, 0.25) is 0 Å². The number of nitrogens with two attached hydrogens (primary N) is 1. The molecule has 1 aliphatic rings. The Bertz CT molecular complexity index is 418. The number of urea groups is 1. The lowest BCUT2D eigenvalue weighted by Gasteiger charge is -2.23. The fourth-order valence-electron chi connectivity index (χ4n) is 2.49. The average Bonchev–Trinajstić information content (AvgIpc) is 2.58. The van der Waals surface area contributed by atoms with Gasteiger partial charge in [0.15, 0.2) is 0 Å². The van der Waals surface area contributed by atoms with Gasteiger partial charge in [0.05, 0.1) is 11.7 Å². The Kier molecular flexibility index (Phi) is 3.36. The first-order valence-electron chi connectivity index (χ1n) is 6.21. The van der Waals surface area contributed by atoms with Gasteiger partial charge in [-0.2, -0.15) is 5.10 Å². The maximum atomic E-state index is 11.0. The number of carbonyl (C=O) groups is 1. The molecule has 0 radical (unpaired) electrons. The van der Waals surface area contributed by atoms with Crippen molar-refractivity contribution in [2.24, 2.45) is 5.73 Å². The van der Waals surface area contributed by atoms with Crippen molar-refractivity contribution >= 4 is 11.8 Å². The molecular formula is C12H20N4O. The molecule has 0 bridgehead atoms. The summed E-state index contributed by atoms with van der Waals surface area (Å²) in [5.41, 5.74) is 7.18. The van der Waals surface area contributed by atoms with E-state index in [-0.39, 0.29) is 0 Å². The lowest BCUT2D eigenvalue weighted by atomic mass is 9.95. The number of nitrogens with zero attached hydrogens (tertiary/aromatic N) is 2. The summed E-state index contributed by atoms with van der Waals surface area (Å²) in [5.74, 6) is 0.766. The van der Waals surface area contributed by atoms with Crippen molar-refractivity contribution in [1.29, 1.82) is 0 Å². The molecule has 1 aromatic rings. The van der Waals surface area contributed by atoms with Gasteiger partial charge in [-0.3, -0.25) is 5.32 Å². The molecule has 2 rings (SSSR count). The Morgan fingerprint density at radius 2 is 2.00 bits per heavy atom. The van der Waals surface area contributed by atoms with Gasteiger partial charge in [0.25, 0.3) is 0 Å². The van der Waals surface area contributed by atoms with Gasteiger partial charge in [-0.15, -0.1) is 0 Å². The van der Waals surface area contributed by atoms with Crippen molar-refractivity contribution in [1.82, 2.24) is 9.78 Å². The Labute approximate surface area is 101 Å². The van der Waals surface area contributed by atoms with Crippen LogP contribution in [-0.4, -0.2) is 15.8 Å². The number of anilines is 1. The molecule has 1 aliphatic carbocycles. The zero-order valence-electron chi connectivity index (χ0n) is 10.5. The van der Waals surface area contributed by atoms with Gasteiger partial charge in [-0.25, -0.2) is 9.48 Å². The van der Waals surface area contributed by atoms with E-state index in [0.717, 1.165) is 29.9 Å². The molecule has 17 heavy (non-hydrogen) atoms. The minimum absolute atomic E-state index is 0.401. The average molecular weight is 236 g/mol. The number of hydrogen-bond acceptors (Lipinski definition) is 2. The molecule has 1 heterocycles. The van der Waals surface area contributed by atoms with Gasteiger partial charge in [0, 0.05) is 5.56 Å². The van der Waals surface area contributed by atoms with Gasteiger partial charge in [0.1, 0.15) is 5.82 Å². The van der Waals surface area contributed by atoms with Crippen LogP contribution in [0.15, 0.2) is 0 Å².